The van der Waals surface area contributed by atoms with E-state index in [4.69, 9.17) is 4.74 Å². The zero-order chi connectivity index (χ0) is 13.8. The predicted octanol–water partition coefficient (Wildman–Crippen LogP) is 0.396. The molecule has 0 saturated carbocycles. The zero-order valence-corrected chi connectivity index (χ0v) is 11.3. The van der Waals surface area contributed by atoms with Crippen molar-refractivity contribution >= 4 is 11.4 Å². The lowest BCUT2D eigenvalue weighted by Gasteiger charge is -2.26. The summed E-state index contributed by atoms with van der Waals surface area (Å²) < 4.78 is 7.00. The molecule has 1 amide bonds. The van der Waals surface area contributed by atoms with E-state index in [2.05, 4.69) is 15.3 Å². The van der Waals surface area contributed by atoms with Crippen LogP contribution in [0.25, 0.3) is 5.52 Å². The van der Waals surface area contributed by atoms with Gasteiger partial charge in [-0.05, 0) is 18.2 Å². The van der Waals surface area contributed by atoms with Gasteiger partial charge < -0.3 is 10.1 Å². The fraction of sp³-hybridized carbons (Fsp3) is 0.429. The van der Waals surface area contributed by atoms with Crippen LogP contribution in [0, 0.1) is 0 Å². The molecule has 20 heavy (non-hydrogen) atoms. The number of fused-ring (bicyclic) bond motifs is 1. The molecular formula is C14H18N4O2. The Morgan fingerprint density at radius 2 is 2.25 bits per heavy atom. The molecule has 0 unspecified atom stereocenters. The summed E-state index contributed by atoms with van der Waals surface area (Å²) >= 11 is 0. The molecule has 0 radical (unpaired) electrons. The van der Waals surface area contributed by atoms with Gasteiger partial charge >= 0.3 is 0 Å². The molecular weight excluding hydrogens is 256 g/mol. The maximum absolute atomic E-state index is 12.1. The average Bonchev–Trinajstić information content (AvgIpc) is 2.92. The summed E-state index contributed by atoms with van der Waals surface area (Å²) in [7, 11) is 0. The fourth-order valence-electron chi connectivity index (χ4n) is 2.32. The number of morpholine rings is 1. The van der Waals surface area contributed by atoms with Crippen LogP contribution >= 0.6 is 0 Å². The van der Waals surface area contributed by atoms with Crippen molar-refractivity contribution in [2.24, 2.45) is 0 Å². The first-order valence-electron chi connectivity index (χ1n) is 6.85. The van der Waals surface area contributed by atoms with E-state index in [1.807, 2.05) is 18.2 Å². The van der Waals surface area contributed by atoms with E-state index < -0.39 is 0 Å². The van der Waals surface area contributed by atoms with Gasteiger partial charge in [0.15, 0.2) is 0 Å². The van der Waals surface area contributed by atoms with Gasteiger partial charge in [0.05, 0.1) is 24.3 Å². The maximum Gasteiger partial charge on any atom is 0.252 e. The molecule has 2 aromatic heterocycles. The second kappa shape index (κ2) is 6.02. The molecule has 0 aromatic carbocycles. The molecule has 6 nitrogen and oxygen atoms in total. The predicted molar refractivity (Wildman–Crippen MR) is 74.8 cm³/mol. The van der Waals surface area contributed by atoms with Crippen LogP contribution < -0.4 is 5.32 Å². The van der Waals surface area contributed by atoms with Crippen molar-refractivity contribution in [1.29, 1.82) is 0 Å². The number of rotatable bonds is 4. The minimum Gasteiger partial charge on any atom is -0.379 e. The Labute approximate surface area is 117 Å². The smallest absolute Gasteiger partial charge is 0.252 e. The van der Waals surface area contributed by atoms with Crippen LogP contribution in [0.3, 0.4) is 0 Å². The Kier molecular flexibility index (Phi) is 3.94. The highest BCUT2D eigenvalue weighted by molar-refractivity contribution is 5.95. The highest BCUT2D eigenvalue weighted by Crippen LogP contribution is 2.07. The van der Waals surface area contributed by atoms with Gasteiger partial charge in [-0.2, -0.15) is 5.10 Å². The summed E-state index contributed by atoms with van der Waals surface area (Å²) in [5.74, 6) is -0.0521. The molecule has 6 heteroatoms. The van der Waals surface area contributed by atoms with Crippen LogP contribution in [0.1, 0.15) is 10.4 Å². The van der Waals surface area contributed by atoms with Gasteiger partial charge in [0.1, 0.15) is 0 Å². The average molecular weight is 274 g/mol. The number of nitrogens with zero attached hydrogens (tertiary/aromatic N) is 3. The summed E-state index contributed by atoms with van der Waals surface area (Å²) in [5, 5.41) is 7.10. The Bertz CT molecular complexity index is 557. The third kappa shape index (κ3) is 2.97. The molecule has 3 rings (SSSR count). The Balaban J connectivity index is 1.53. The second-order valence-electron chi connectivity index (χ2n) is 4.83. The van der Waals surface area contributed by atoms with Gasteiger partial charge in [0.2, 0.25) is 0 Å². The molecule has 106 valence electrons. The SMILES string of the molecule is O=C(NCCN1CCOCC1)c1cc2cccnn2c1. The van der Waals surface area contributed by atoms with Crippen LogP contribution in [0.15, 0.2) is 30.6 Å². The fourth-order valence-corrected chi connectivity index (χ4v) is 2.32. The van der Waals surface area contributed by atoms with Gasteiger partial charge in [0.25, 0.3) is 5.91 Å². The number of hydrogen-bond donors (Lipinski definition) is 1. The van der Waals surface area contributed by atoms with Crippen molar-refractivity contribution in [2.75, 3.05) is 39.4 Å². The Morgan fingerprint density at radius 1 is 1.40 bits per heavy atom. The van der Waals surface area contributed by atoms with Crippen LogP contribution in [0.2, 0.25) is 0 Å². The standard InChI is InChI=1S/C14H18N4O2/c19-14(15-4-5-17-6-8-20-9-7-17)12-10-13-2-1-3-16-18(13)11-12/h1-3,10-11H,4-9H2,(H,15,19). The maximum atomic E-state index is 12.1. The van der Waals surface area contributed by atoms with Crippen molar-refractivity contribution in [3.8, 4) is 0 Å². The number of aromatic nitrogens is 2. The molecule has 1 aliphatic rings. The molecule has 0 aliphatic carbocycles. The van der Waals surface area contributed by atoms with Gasteiger partial charge in [-0.25, -0.2) is 4.52 Å². The highest BCUT2D eigenvalue weighted by atomic mass is 16.5. The molecule has 1 saturated heterocycles. The van der Waals surface area contributed by atoms with Crippen molar-refractivity contribution in [3.05, 3.63) is 36.2 Å². The number of ether oxygens (including phenoxy) is 1. The van der Waals surface area contributed by atoms with Gasteiger partial charge in [0, 0.05) is 38.6 Å². The van der Waals surface area contributed by atoms with Gasteiger partial charge in [-0.15, -0.1) is 0 Å². The lowest BCUT2D eigenvalue weighted by atomic mass is 10.3. The van der Waals surface area contributed by atoms with E-state index in [1.165, 1.54) is 0 Å². The van der Waals surface area contributed by atoms with E-state index >= 15 is 0 Å². The summed E-state index contributed by atoms with van der Waals surface area (Å²) in [5.41, 5.74) is 1.57. The lowest BCUT2D eigenvalue weighted by Crippen LogP contribution is -2.41. The Hall–Kier alpha value is -1.92. The van der Waals surface area contributed by atoms with Crippen molar-refractivity contribution in [1.82, 2.24) is 19.8 Å². The van der Waals surface area contributed by atoms with Gasteiger partial charge in [-0.1, -0.05) is 0 Å². The van der Waals surface area contributed by atoms with E-state index in [0.717, 1.165) is 38.4 Å². The summed E-state index contributed by atoms with van der Waals surface area (Å²) in [6.07, 6.45) is 3.45. The monoisotopic (exact) mass is 274 g/mol. The number of carbonyl (C=O) groups is 1. The Morgan fingerprint density at radius 3 is 3.05 bits per heavy atom. The number of hydrogen-bond acceptors (Lipinski definition) is 4. The van der Waals surface area contributed by atoms with Crippen molar-refractivity contribution in [3.63, 3.8) is 0 Å². The molecule has 0 bridgehead atoms. The van der Waals surface area contributed by atoms with E-state index in [0.29, 0.717) is 12.1 Å². The first-order valence-corrected chi connectivity index (χ1v) is 6.85. The normalized spacial score (nSPS) is 16.4. The molecule has 0 spiro atoms. The van der Waals surface area contributed by atoms with Crippen molar-refractivity contribution < 1.29 is 9.53 Å². The number of nitrogens with one attached hydrogen (secondary N) is 1. The summed E-state index contributed by atoms with van der Waals surface area (Å²) in [4.78, 5) is 14.4. The third-order valence-electron chi connectivity index (χ3n) is 3.45. The number of carbonyl (C=O) groups excluding carboxylic acids is 1. The third-order valence-corrected chi connectivity index (χ3v) is 3.45. The first-order chi connectivity index (χ1) is 9.83. The quantitative estimate of drug-likeness (QED) is 0.876. The molecule has 1 N–H and O–H groups in total. The van der Waals surface area contributed by atoms with E-state index in [-0.39, 0.29) is 5.91 Å². The van der Waals surface area contributed by atoms with E-state index in [1.54, 1.807) is 16.9 Å². The van der Waals surface area contributed by atoms with Gasteiger partial charge in [-0.3, -0.25) is 9.69 Å². The van der Waals surface area contributed by atoms with Crippen LogP contribution in [0.4, 0.5) is 0 Å². The topological polar surface area (TPSA) is 58.9 Å². The molecule has 0 atom stereocenters. The molecule has 2 aromatic rings. The first kappa shape index (κ1) is 13.1. The zero-order valence-electron chi connectivity index (χ0n) is 11.3. The molecule has 1 fully saturated rings. The van der Waals surface area contributed by atoms with Crippen molar-refractivity contribution in [2.45, 2.75) is 0 Å². The minimum absolute atomic E-state index is 0.0521. The van der Waals surface area contributed by atoms with Crippen LogP contribution in [-0.2, 0) is 4.74 Å². The second-order valence-corrected chi connectivity index (χ2v) is 4.83. The highest BCUT2D eigenvalue weighted by Gasteiger charge is 2.12. The molecule has 3 heterocycles. The summed E-state index contributed by atoms with van der Waals surface area (Å²) in [6, 6.07) is 5.63. The lowest BCUT2D eigenvalue weighted by molar-refractivity contribution is 0.0383. The van der Waals surface area contributed by atoms with Crippen LogP contribution in [0.5, 0.6) is 0 Å². The summed E-state index contributed by atoms with van der Waals surface area (Å²) in [6.45, 7) is 4.96. The largest absolute Gasteiger partial charge is 0.379 e. The van der Waals surface area contributed by atoms with E-state index in [9.17, 15) is 4.79 Å². The molecule has 1 aliphatic heterocycles. The minimum atomic E-state index is -0.0521. The van der Waals surface area contributed by atoms with Crippen LogP contribution in [-0.4, -0.2) is 59.8 Å². The number of amides is 1.